The Morgan fingerprint density at radius 3 is 2.61 bits per heavy atom. The van der Waals surface area contributed by atoms with E-state index >= 15 is 0 Å². The van der Waals surface area contributed by atoms with Gasteiger partial charge < -0.3 is 10.2 Å². The first-order chi connectivity index (χ1) is 13.5. The molecule has 3 aromatic rings. The van der Waals surface area contributed by atoms with Gasteiger partial charge in [-0.25, -0.2) is 9.78 Å². The summed E-state index contributed by atoms with van der Waals surface area (Å²) in [6.45, 7) is 0.662. The molecular weight excluding hydrogens is 376 g/mol. The first-order valence-corrected chi connectivity index (χ1v) is 9.60. The summed E-state index contributed by atoms with van der Waals surface area (Å²) < 4.78 is 1.10. The highest BCUT2D eigenvalue weighted by molar-refractivity contribution is 7.18. The molecule has 2 heterocycles. The van der Waals surface area contributed by atoms with Crippen LogP contribution in [0, 0.1) is 0 Å². The van der Waals surface area contributed by atoms with Gasteiger partial charge in [-0.1, -0.05) is 24.3 Å². The average Bonchev–Trinajstić information content (AvgIpc) is 3.25. The fourth-order valence-electron chi connectivity index (χ4n) is 3.03. The van der Waals surface area contributed by atoms with E-state index < -0.39 is 0 Å². The van der Waals surface area contributed by atoms with Gasteiger partial charge in [0.2, 0.25) is 5.91 Å². The summed E-state index contributed by atoms with van der Waals surface area (Å²) in [5.74, 6) is -0.360. The van der Waals surface area contributed by atoms with Crippen molar-refractivity contribution >= 4 is 39.4 Å². The summed E-state index contributed by atoms with van der Waals surface area (Å²) in [6.07, 6.45) is 0. The maximum Gasteiger partial charge on any atom is 0.324 e. The Labute approximate surface area is 165 Å². The highest BCUT2D eigenvalue weighted by atomic mass is 32.1. The van der Waals surface area contributed by atoms with Gasteiger partial charge in [-0.3, -0.25) is 14.5 Å². The predicted octanol–water partition coefficient (Wildman–Crippen LogP) is 2.62. The normalized spacial score (nSPS) is 13.8. The van der Waals surface area contributed by atoms with Gasteiger partial charge in [0.25, 0.3) is 5.91 Å². The van der Waals surface area contributed by atoms with E-state index in [-0.39, 0.29) is 30.9 Å². The molecule has 1 saturated heterocycles. The summed E-state index contributed by atoms with van der Waals surface area (Å²) in [5, 5.41) is 3.37. The Morgan fingerprint density at radius 1 is 1.18 bits per heavy atom. The number of para-hydroxylation sites is 1. The van der Waals surface area contributed by atoms with Crippen LogP contribution >= 0.6 is 11.3 Å². The molecule has 7 nitrogen and oxygen atoms in total. The van der Waals surface area contributed by atoms with E-state index in [1.807, 2.05) is 24.3 Å². The highest BCUT2D eigenvalue weighted by Crippen LogP contribution is 2.23. The number of fused-ring (bicyclic) bond motifs is 1. The fraction of sp³-hybridized carbons (Fsp3) is 0.200. The molecule has 1 aliphatic rings. The van der Waals surface area contributed by atoms with Crippen molar-refractivity contribution in [1.82, 2.24) is 20.1 Å². The minimum atomic E-state index is -0.388. The smallest absolute Gasteiger partial charge is 0.324 e. The monoisotopic (exact) mass is 394 g/mol. The van der Waals surface area contributed by atoms with Crippen LogP contribution in [0.25, 0.3) is 10.2 Å². The van der Waals surface area contributed by atoms with Gasteiger partial charge in [0.15, 0.2) is 0 Å². The molecule has 1 aliphatic heterocycles. The lowest BCUT2D eigenvalue weighted by Gasteiger charge is -2.16. The number of amides is 4. The van der Waals surface area contributed by atoms with E-state index in [1.165, 1.54) is 0 Å². The molecule has 0 unspecified atom stereocenters. The maximum absolute atomic E-state index is 12.7. The van der Waals surface area contributed by atoms with Crippen LogP contribution in [-0.4, -0.2) is 46.2 Å². The zero-order chi connectivity index (χ0) is 19.7. The van der Waals surface area contributed by atoms with Crippen LogP contribution in [0.1, 0.15) is 20.9 Å². The van der Waals surface area contributed by atoms with Crippen molar-refractivity contribution in [1.29, 1.82) is 0 Å². The van der Waals surface area contributed by atoms with Crippen LogP contribution in [0.3, 0.4) is 0 Å². The standard InChI is InChI=1S/C20H18N4O3S/c1-23(12-17-22-15-4-2-3-5-16(15)28-17)19(26)14-8-6-13(7-9-14)11-24-18(25)10-21-20(24)27/h2-9H,10-12H2,1H3,(H,21,27). The molecule has 0 radical (unpaired) electrons. The number of carbonyl (C=O) groups is 3. The molecule has 0 saturated carbocycles. The average molecular weight is 394 g/mol. The van der Waals surface area contributed by atoms with Gasteiger partial charge in [-0.15, -0.1) is 11.3 Å². The van der Waals surface area contributed by atoms with Gasteiger partial charge in [0.05, 0.1) is 29.9 Å². The number of urea groups is 1. The molecule has 1 fully saturated rings. The molecule has 0 aliphatic carbocycles. The summed E-state index contributed by atoms with van der Waals surface area (Å²) >= 11 is 1.58. The highest BCUT2D eigenvalue weighted by Gasteiger charge is 2.28. The SMILES string of the molecule is CN(Cc1nc2ccccc2s1)C(=O)c1ccc(CN2C(=O)CNC2=O)cc1. The second-order valence-corrected chi connectivity index (χ2v) is 7.69. The lowest BCUT2D eigenvalue weighted by Crippen LogP contribution is -2.30. The molecule has 142 valence electrons. The summed E-state index contributed by atoms with van der Waals surface area (Å²) in [4.78, 5) is 43.3. The molecule has 28 heavy (non-hydrogen) atoms. The number of rotatable bonds is 5. The third-order valence-corrected chi connectivity index (χ3v) is 5.56. The lowest BCUT2D eigenvalue weighted by atomic mass is 10.1. The second-order valence-electron chi connectivity index (χ2n) is 6.57. The lowest BCUT2D eigenvalue weighted by molar-refractivity contribution is -0.125. The Kier molecular flexibility index (Phi) is 4.79. The predicted molar refractivity (Wildman–Crippen MR) is 106 cm³/mol. The zero-order valence-corrected chi connectivity index (χ0v) is 16.0. The molecule has 0 bridgehead atoms. The van der Waals surface area contributed by atoms with Crippen molar-refractivity contribution < 1.29 is 14.4 Å². The van der Waals surface area contributed by atoms with Gasteiger partial charge in [0, 0.05) is 12.6 Å². The number of aromatic nitrogens is 1. The first kappa shape index (κ1) is 18.1. The number of thiazole rings is 1. The van der Waals surface area contributed by atoms with E-state index in [2.05, 4.69) is 10.3 Å². The number of benzene rings is 2. The van der Waals surface area contributed by atoms with Crippen molar-refractivity contribution in [2.24, 2.45) is 0 Å². The Morgan fingerprint density at radius 2 is 1.93 bits per heavy atom. The third kappa shape index (κ3) is 3.59. The number of imide groups is 1. The molecule has 2 aromatic carbocycles. The van der Waals surface area contributed by atoms with E-state index in [1.54, 1.807) is 47.5 Å². The summed E-state index contributed by atoms with van der Waals surface area (Å²) in [7, 11) is 1.75. The van der Waals surface area contributed by atoms with Crippen molar-refractivity contribution in [2.45, 2.75) is 13.1 Å². The molecule has 4 amide bonds. The number of nitrogens with one attached hydrogen (secondary N) is 1. The van der Waals surface area contributed by atoms with Gasteiger partial charge in [-0.2, -0.15) is 0 Å². The van der Waals surface area contributed by atoms with Crippen molar-refractivity contribution in [3.63, 3.8) is 0 Å². The van der Waals surface area contributed by atoms with Gasteiger partial charge in [-0.05, 0) is 29.8 Å². The number of hydrogen-bond donors (Lipinski definition) is 1. The Hall–Kier alpha value is -3.26. The zero-order valence-electron chi connectivity index (χ0n) is 15.2. The van der Waals surface area contributed by atoms with E-state index in [9.17, 15) is 14.4 Å². The summed E-state index contributed by atoms with van der Waals surface area (Å²) in [6, 6.07) is 14.5. The molecule has 4 rings (SSSR count). The van der Waals surface area contributed by atoms with Crippen LogP contribution in [0.2, 0.25) is 0 Å². The molecular formula is C20H18N4O3S. The van der Waals surface area contributed by atoms with Gasteiger partial charge >= 0.3 is 6.03 Å². The first-order valence-electron chi connectivity index (χ1n) is 8.78. The maximum atomic E-state index is 12.7. The van der Waals surface area contributed by atoms with E-state index in [0.29, 0.717) is 12.1 Å². The summed E-state index contributed by atoms with van der Waals surface area (Å²) in [5.41, 5.74) is 2.27. The van der Waals surface area contributed by atoms with Crippen molar-refractivity contribution in [3.05, 3.63) is 64.7 Å². The second kappa shape index (κ2) is 7.40. The third-order valence-electron chi connectivity index (χ3n) is 4.54. The number of hydrogen-bond acceptors (Lipinski definition) is 5. The molecule has 1 N–H and O–H groups in total. The van der Waals surface area contributed by atoms with E-state index in [4.69, 9.17) is 0 Å². The van der Waals surface area contributed by atoms with Crippen LogP contribution in [0.4, 0.5) is 4.79 Å². The molecule has 8 heteroatoms. The number of nitrogens with zero attached hydrogens (tertiary/aromatic N) is 3. The molecule has 1 aromatic heterocycles. The molecule has 0 atom stereocenters. The Balaban J connectivity index is 1.42. The van der Waals surface area contributed by atoms with Crippen LogP contribution in [0.15, 0.2) is 48.5 Å². The van der Waals surface area contributed by atoms with E-state index in [0.717, 1.165) is 25.7 Å². The quantitative estimate of drug-likeness (QED) is 0.675. The molecule has 0 spiro atoms. The van der Waals surface area contributed by atoms with Crippen molar-refractivity contribution in [2.75, 3.05) is 13.6 Å². The largest absolute Gasteiger partial charge is 0.335 e. The number of carbonyl (C=O) groups excluding carboxylic acids is 3. The minimum absolute atomic E-state index is 0.0337. The van der Waals surface area contributed by atoms with Crippen LogP contribution in [0.5, 0.6) is 0 Å². The topological polar surface area (TPSA) is 82.6 Å². The minimum Gasteiger partial charge on any atom is -0.335 e. The fourth-order valence-corrected chi connectivity index (χ4v) is 4.05. The van der Waals surface area contributed by atoms with Crippen LogP contribution < -0.4 is 5.32 Å². The Bertz CT molecular complexity index is 1010. The van der Waals surface area contributed by atoms with Crippen LogP contribution in [-0.2, 0) is 17.9 Å². The van der Waals surface area contributed by atoms with Gasteiger partial charge in [0.1, 0.15) is 5.01 Å². The van der Waals surface area contributed by atoms with Crippen molar-refractivity contribution in [3.8, 4) is 0 Å².